The summed E-state index contributed by atoms with van der Waals surface area (Å²) in [5, 5.41) is 11.0. The summed E-state index contributed by atoms with van der Waals surface area (Å²) in [5.41, 5.74) is 8.37. The second kappa shape index (κ2) is 5.41. The van der Waals surface area contributed by atoms with E-state index in [0.29, 0.717) is 11.4 Å². The molecule has 0 bridgehead atoms. The summed E-state index contributed by atoms with van der Waals surface area (Å²) in [6.45, 7) is 2.03. The number of thiocarbonyl (C=S) groups is 1. The van der Waals surface area contributed by atoms with Crippen LogP contribution in [0.2, 0.25) is 0 Å². The lowest BCUT2D eigenvalue weighted by Crippen LogP contribution is -2.13. The van der Waals surface area contributed by atoms with Gasteiger partial charge >= 0.3 is 0 Å². The van der Waals surface area contributed by atoms with E-state index in [-0.39, 0.29) is 4.99 Å². The fraction of sp³-hybridized carbons (Fsp3) is 0.0833. The minimum absolute atomic E-state index is 0.288. The molecule has 3 N–H and O–H groups in total. The number of hydrogen-bond acceptors (Lipinski definition) is 4. The number of aryl methyl sites for hydroxylation is 1. The number of nitrogens with two attached hydrogens (primary N) is 1. The molecule has 0 spiro atoms. The topological polar surface area (TPSA) is 63.8 Å². The number of nitrogens with one attached hydrogen (secondary N) is 1. The maximum absolute atomic E-state index is 5.64. The summed E-state index contributed by atoms with van der Waals surface area (Å²) in [6, 6.07) is 7.71. The molecule has 1 heterocycles. The van der Waals surface area contributed by atoms with E-state index in [2.05, 4.69) is 31.4 Å². The molecule has 92 valence electrons. The van der Waals surface area contributed by atoms with Crippen molar-refractivity contribution < 1.29 is 0 Å². The van der Waals surface area contributed by atoms with Crippen LogP contribution in [0.25, 0.3) is 0 Å². The first kappa shape index (κ1) is 12.9. The van der Waals surface area contributed by atoms with Gasteiger partial charge in [-0.3, -0.25) is 0 Å². The Hall–Kier alpha value is -1.53. The van der Waals surface area contributed by atoms with Crippen LogP contribution in [0, 0.1) is 6.92 Å². The number of nitrogens with zero attached hydrogens (tertiary/aromatic N) is 2. The Morgan fingerprint density at radius 3 is 2.83 bits per heavy atom. The van der Waals surface area contributed by atoms with E-state index in [4.69, 9.17) is 18.0 Å². The monoisotopic (exact) mass is 322 g/mol. The first-order valence-electron chi connectivity index (χ1n) is 5.22. The zero-order chi connectivity index (χ0) is 13.1. The quantitative estimate of drug-likeness (QED) is 0.851. The van der Waals surface area contributed by atoms with Crippen LogP contribution in [0.5, 0.6) is 0 Å². The predicted octanol–water partition coefficient (Wildman–Crippen LogP) is 2.93. The van der Waals surface area contributed by atoms with Crippen molar-refractivity contribution in [2.45, 2.75) is 6.92 Å². The van der Waals surface area contributed by atoms with Gasteiger partial charge in [-0.15, -0.1) is 5.10 Å². The van der Waals surface area contributed by atoms with Gasteiger partial charge in [-0.05, 0) is 46.6 Å². The zero-order valence-corrected chi connectivity index (χ0v) is 12.0. The number of halogens is 1. The van der Waals surface area contributed by atoms with E-state index in [1.807, 2.05) is 25.1 Å². The maximum atomic E-state index is 5.64. The predicted molar refractivity (Wildman–Crippen MR) is 80.1 cm³/mol. The van der Waals surface area contributed by atoms with Gasteiger partial charge < -0.3 is 11.1 Å². The van der Waals surface area contributed by atoms with E-state index >= 15 is 0 Å². The first-order chi connectivity index (χ1) is 8.58. The Morgan fingerprint density at radius 2 is 2.17 bits per heavy atom. The second-order valence-electron chi connectivity index (χ2n) is 3.77. The Bertz CT molecular complexity index is 600. The normalized spacial score (nSPS) is 10.1. The summed E-state index contributed by atoms with van der Waals surface area (Å²) in [4.78, 5) is 0.288. The molecule has 0 atom stereocenters. The van der Waals surface area contributed by atoms with Crippen molar-refractivity contribution in [1.82, 2.24) is 10.2 Å². The van der Waals surface area contributed by atoms with E-state index in [1.54, 1.807) is 12.3 Å². The molecule has 0 radical (unpaired) electrons. The molecule has 0 amide bonds. The smallest absolute Gasteiger partial charge is 0.163 e. The molecular weight excluding hydrogens is 312 g/mol. The van der Waals surface area contributed by atoms with Crippen molar-refractivity contribution in [2.75, 3.05) is 5.32 Å². The number of rotatable bonds is 3. The molecule has 18 heavy (non-hydrogen) atoms. The number of benzene rings is 1. The molecule has 4 nitrogen and oxygen atoms in total. The highest BCUT2D eigenvalue weighted by Gasteiger charge is 2.08. The third kappa shape index (κ3) is 2.83. The molecule has 2 aromatic rings. The largest absolute Gasteiger partial charge is 0.389 e. The van der Waals surface area contributed by atoms with Crippen LogP contribution in [0.3, 0.4) is 0 Å². The minimum Gasteiger partial charge on any atom is -0.389 e. The van der Waals surface area contributed by atoms with Crippen LogP contribution in [0.1, 0.15) is 11.1 Å². The molecule has 0 saturated heterocycles. The molecule has 2 rings (SSSR count). The van der Waals surface area contributed by atoms with Crippen molar-refractivity contribution >= 4 is 44.6 Å². The van der Waals surface area contributed by atoms with Gasteiger partial charge in [0, 0.05) is 4.47 Å². The number of anilines is 2. The van der Waals surface area contributed by atoms with Crippen LogP contribution in [0.15, 0.2) is 34.9 Å². The van der Waals surface area contributed by atoms with E-state index in [9.17, 15) is 0 Å². The van der Waals surface area contributed by atoms with Crippen molar-refractivity contribution in [3.05, 3.63) is 46.1 Å². The van der Waals surface area contributed by atoms with Crippen molar-refractivity contribution in [2.24, 2.45) is 5.73 Å². The maximum Gasteiger partial charge on any atom is 0.163 e. The van der Waals surface area contributed by atoms with Gasteiger partial charge in [0.15, 0.2) is 5.82 Å². The van der Waals surface area contributed by atoms with Gasteiger partial charge in [-0.1, -0.05) is 18.3 Å². The average Bonchev–Trinajstić information content (AvgIpc) is 2.33. The zero-order valence-electron chi connectivity index (χ0n) is 9.64. The van der Waals surface area contributed by atoms with E-state index in [0.717, 1.165) is 10.2 Å². The van der Waals surface area contributed by atoms with E-state index < -0.39 is 0 Å². The van der Waals surface area contributed by atoms with Crippen LogP contribution in [-0.4, -0.2) is 15.2 Å². The van der Waals surface area contributed by atoms with Crippen LogP contribution < -0.4 is 11.1 Å². The molecule has 0 unspecified atom stereocenters. The summed E-state index contributed by atoms with van der Waals surface area (Å²) in [5.74, 6) is 0.551. The van der Waals surface area contributed by atoms with Gasteiger partial charge in [0.2, 0.25) is 0 Å². The van der Waals surface area contributed by atoms with Crippen molar-refractivity contribution in [3.8, 4) is 0 Å². The highest BCUT2D eigenvalue weighted by Crippen LogP contribution is 2.27. The lowest BCUT2D eigenvalue weighted by molar-refractivity contribution is 1.03. The third-order valence-corrected chi connectivity index (χ3v) is 3.24. The van der Waals surface area contributed by atoms with Gasteiger partial charge in [0.05, 0.1) is 17.4 Å². The average molecular weight is 323 g/mol. The molecule has 1 aromatic carbocycles. The molecule has 0 saturated carbocycles. The Balaban J connectivity index is 2.37. The molecule has 6 heteroatoms. The third-order valence-electron chi connectivity index (χ3n) is 2.36. The molecule has 0 aliphatic carbocycles. The molecular formula is C12H11BrN4S. The fourth-order valence-electron chi connectivity index (χ4n) is 1.47. The lowest BCUT2D eigenvalue weighted by atomic mass is 10.2. The highest BCUT2D eigenvalue weighted by molar-refractivity contribution is 9.10. The van der Waals surface area contributed by atoms with Crippen molar-refractivity contribution in [3.63, 3.8) is 0 Å². The Labute approximate surface area is 119 Å². The van der Waals surface area contributed by atoms with Gasteiger partial charge in [-0.25, -0.2) is 0 Å². The van der Waals surface area contributed by atoms with Gasteiger partial charge in [0.25, 0.3) is 0 Å². The number of hydrogen-bond donors (Lipinski definition) is 2. The lowest BCUT2D eigenvalue weighted by Gasteiger charge is -2.10. The molecule has 1 aromatic heterocycles. The van der Waals surface area contributed by atoms with Crippen molar-refractivity contribution in [1.29, 1.82) is 0 Å². The minimum atomic E-state index is 0.288. The summed E-state index contributed by atoms with van der Waals surface area (Å²) in [7, 11) is 0. The van der Waals surface area contributed by atoms with E-state index in [1.165, 1.54) is 5.56 Å². The van der Waals surface area contributed by atoms with Crippen LogP contribution in [0.4, 0.5) is 11.5 Å². The number of aromatic nitrogens is 2. The standard InChI is InChI=1S/C12H11BrN4S/c1-7-2-3-10(9(13)6-7)16-12-8(11(14)18)4-5-15-17-12/h2-6H,1H3,(H2,14,18)(H,16,17). The van der Waals surface area contributed by atoms with Gasteiger partial charge in [0.1, 0.15) is 4.99 Å². The second-order valence-corrected chi connectivity index (χ2v) is 5.06. The van der Waals surface area contributed by atoms with Crippen LogP contribution in [-0.2, 0) is 0 Å². The SMILES string of the molecule is Cc1ccc(Nc2nnccc2C(N)=S)c(Br)c1. The Kier molecular flexibility index (Phi) is 3.88. The Morgan fingerprint density at radius 1 is 1.39 bits per heavy atom. The fourth-order valence-corrected chi connectivity index (χ4v) is 2.23. The summed E-state index contributed by atoms with van der Waals surface area (Å²) >= 11 is 8.47. The highest BCUT2D eigenvalue weighted by atomic mass is 79.9. The summed E-state index contributed by atoms with van der Waals surface area (Å²) < 4.78 is 0.946. The van der Waals surface area contributed by atoms with Crippen LogP contribution >= 0.6 is 28.1 Å². The molecule has 0 fully saturated rings. The molecule has 0 aliphatic heterocycles. The van der Waals surface area contributed by atoms with Gasteiger partial charge in [-0.2, -0.15) is 5.10 Å². The first-order valence-corrected chi connectivity index (χ1v) is 6.42. The summed E-state index contributed by atoms with van der Waals surface area (Å²) in [6.07, 6.45) is 1.56. The molecule has 0 aliphatic rings.